The molecule has 1 aliphatic heterocycles. The van der Waals surface area contributed by atoms with Crippen LogP contribution in [0.2, 0.25) is 0 Å². The van der Waals surface area contributed by atoms with Gasteiger partial charge in [-0.1, -0.05) is 0 Å². The van der Waals surface area contributed by atoms with E-state index in [1.807, 2.05) is 0 Å². The van der Waals surface area contributed by atoms with Gasteiger partial charge in [0.25, 0.3) is 11.5 Å². The molecule has 1 saturated carbocycles. The third kappa shape index (κ3) is 5.82. The summed E-state index contributed by atoms with van der Waals surface area (Å²) in [5.41, 5.74) is -1.15. The van der Waals surface area contributed by atoms with Crippen LogP contribution < -0.4 is 26.6 Å². The monoisotopic (exact) mass is 569 g/mol. The molecule has 1 atom stereocenters. The number of hydrogen-bond acceptors (Lipinski definition) is 5. The van der Waals surface area contributed by atoms with Crippen LogP contribution in [-0.4, -0.2) is 52.2 Å². The van der Waals surface area contributed by atoms with E-state index in [0.717, 1.165) is 25.0 Å². The largest absolute Gasteiger partial charge is 0.497 e. The molecule has 12 heteroatoms. The maximum Gasteiger partial charge on any atom is 0.331 e. The summed E-state index contributed by atoms with van der Waals surface area (Å²) in [5, 5.41) is 5.45. The number of carbonyl (C=O) groups is 2. The van der Waals surface area contributed by atoms with Gasteiger partial charge in [0.15, 0.2) is 0 Å². The molecule has 1 unspecified atom stereocenters. The van der Waals surface area contributed by atoms with Gasteiger partial charge in [-0.3, -0.25) is 18.7 Å². The molecule has 2 fully saturated rings. The highest BCUT2D eigenvalue weighted by atomic mass is 19.1. The Morgan fingerprint density at radius 2 is 1.83 bits per heavy atom. The number of ether oxygens (including phenoxy) is 1. The highest BCUT2D eigenvalue weighted by molar-refractivity contribution is 5.95. The van der Waals surface area contributed by atoms with Crippen molar-refractivity contribution in [1.29, 1.82) is 0 Å². The molecule has 218 valence electrons. The fourth-order valence-electron chi connectivity index (χ4n) is 5.26. The first-order valence-electron chi connectivity index (χ1n) is 13.8. The van der Waals surface area contributed by atoms with Crippen LogP contribution in [0, 0.1) is 17.6 Å². The van der Waals surface area contributed by atoms with Gasteiger partial charge in [-0.15, -0.1) is 0 Å². The van der Waals surface area contributed by atoms with Gasteiger partial charge >= 0.3 is 11.7 Å². The first kappa shape index (κ1) is 28.3. The minimum Gasteiger partial charge on any atom is -0.497 e. The summed E-state index contributed by atoms with van der Waals surface area (Å²) < 4.78 is 37.2. The van der Waals surface area contributed by atoms with Crippen molar-refractivity contribution in [2.24, 2.45) is 5.92 Å². The molecule has 3 aromatic rings. The Bertz CT molecular complexity index is 1630. The molecule has 1 aromatic heterocycles. The highest BCUT2D eigenvalue weighted by Crippen LogP contribution is 2.30. The number of anilines is 1. The van der Waals surface area contributed by atoms with E-state index in [-0.39, 0.29) is 46.4 Å². The second kappa shape index (κ2) is 11.3. The van der Waals surface area contributed by atoms with Crippen molar-refractivity contribution in [3.05, 3.63) is 68.4 Å². The van der Waals surface area contributed by atoms with E-state index in [4.69, 9.17) is 4.74 Å². The lowest BCUT2D eigenvalue weighted by molar-refractivity contribution is 0.0908. The van der Waals surface area contributed by atoms with E-state index in [9.17, 15) is 23.6 Å². The van der Waals surface area contributed by atoms with E-state index in [1.165, 1.54) is 39.3 Å². The standard InChI is InChI=1S/C29H33F2N5O5/c1-16(2)36-25-13-23(31)24(12-21(25)27(38)35(29(36)40)14-17-6-7-17)33-28(39)34-10-4-5-18(15-34)32-26(37)20-9-8-19(41-3)11-22(20)30/h8-9,11-13,16-18H,4-7,10,14-15H2,1-3H3,(H,32,37)(H,33,39). The smallest absolute Gasteiger partial charge is 0.331 e. The number of halogens is 2. The number of nitrogens with one attached hydrogen (secondary N) is 2. The zero-order valence-corrected chi connectivity index (χ0v) is 23.2. The molecule has 0 radical (unpaired) electrons. The van der Waals surface area contributed by atoms with Crippen molar-refractivity contribution in [2.45, 2.75) is 58.2 Å². The molecular weight excluding hydrogens is 536 g/mol. The molecule has 2 aliphatic rings. The average molecular weight is 570 g/mol. The number of aromatic nitrogens is 2. The molecule has 10 nitrogen and oxygen atoms in total. The van der Waals surface area contributed by atoms with Crippen LogP contribution >= 0.6 is 0 Å². The second-order valence-corrected chi connectivity index (χ2v) is 11.0. The first-order chi connectivity index (χ1) is 19.6. The fourth-order valence-corrected chi connectivity index (χ4v) is 5.26. The van der Waals surface area contributed by atoms with E-state index in [0.29, 0.717) is 25.9 Å². The quantitative estimate of drug-likeness (QED) is 0.449. The molecule has 0 spiro atoms. The molecule has 2 N–H and O–H groups in total. The molecule has 2 aromatic carbocycles. The van der Waals surface area contributed by atoms with Gasteiger partial charge in [0.05, 0.1) is 29.3 Å². The van der Waals surface area contributed by atoms with Gasteiger partial charge < -0.3 is 20.3 Å². The summed E-state index contributed by atoms with van der Waals surface area (Å²) in [6.45, 7) is 4.38. The summed E-state index contributed by atoms with van der Waals surface area (Å²) in [5.74, 6) is -1.56. The third-order valence-corrected chi connectivity index (χ3v) is 7.62. The van der Waals surface area contributed by atoms with Crippen LogP contribution in [0.1, 0.15) is 55.9 Å². The normalized spacial score (nSPS) is 17.1. The van der Waals surface area contributed by atoms with Gasteiger partial charge in [-0.25, -0.2) is 18.4 Å². The summed E-state index contributed by atoms with van der Waals surface area (Å²) >= 11 is 0. The molecule has 5 rings (SSSR count). The number of carbonyl (C=O) groups excluding carboxylic acids is 2. The lowest BCUT2D eigenvalue weighted by Gasteiger charge is -2.33. The number of rotatable bonds is 7. The molecule has 41 heavy (non-hydrogen) atoms. The number of amides is 3. The van der Waals surface area contributed by atoms with E-state index in [2.05, 4.69) is 10.6 Å². The van der Waals surface area contributed by atoms with Crippen LogP contribution in [0.5, 0.6) is 5.75 Å². The zero-order valence-electron chi connectivity index (χ0n) is 23.2. The highest BCUT2D eigenvalue weighted by Gasteiger charge is 2.28. The van der Waals surface area contributed by atoms with Crippen molar-refractivity contribution in [3.8, 4) is 5.75 Å². The van der Waals surface area contributed by atoms with Crippen molar-refractivity contribution in [1.82, 2.24) is 19.4 Å². The Kier molecular flexibility index (Phi) is 7.83. The first-order valence-corrected chi connectivity index (χ1v) is 13.8. The van der Waals surface area contributed by atoms with Crippen molar-refractivity contribution in [2.75, 3.05) is 25.5 Å². The molecule has 0 bridgehead atoms. The second-order valence-electron chi connectivity index (χ2n) is 11.0. The van der Waals surface area contributed by atoms with E-state index < -0.39 is 40.9 Å². The number of hydrogen-bond donors (Lipinski definition) is 2. The number of benzene rings is 2. The molecular formula is C29H33F2N5O5. The molecule has 1 aliphatic carbocycles. The summed E-state index contributed by atoms with van der Waals surface area (Å²) in [6, 6.07) is 4.96. The van der Waals surface area contributed by atoms with Crippen LogP contribution in [0.4, 0.5) is 19.3 Å². The minimum absolute atomic E-state index is 0.131. The zero-order chi connectivity index (χ0) is 29.4. The molecule has 2 heterocycles. The van der Waals surface area contributed by atoms with E-state index in [1.54, 1.807) is 13.8 Å². The third-order valence-electron chi connectivity index (χ3n) is 7.62. The maximum atomic E-state index is 15.2. The van der Waals surface area contributed by atoms with E-state index >= 15 is 4.39 Å². The van der Waals surface area contributed by atoms with Crippen molar-refractivity contribution in [3.63, 3.8) is 0 Å². The number of methoxy groups -OCH3 is 1. The summed E-state index contributed by atoms with van der Waals surface area (Å²) in [4.78, 5) is 53.7. The van der Waals surface area contributed by atoms with Gasteiger partial charge in [0.1, 0.15) is 17.4 Å². The number of urea groups is 1. The van der Waals surface area contributed by atoms with Gasteiger partial charge in [0, 0.05) is 43.9 Å². The average Bonchev–Trinajstić information content (AvgIpc) is 3.76. The van der Waals surface area contributed by atoms with Gasteiger partial charge in [-0.05, 0) is 63.6 Å². The number of nitrogens with zero attached hydrogens (tertiary/aromatic N) is 3. The van der Waals surface area contributed by atoms with Crippen LogP contribution in [0.3, 0.4) is 0 Å². The number of likely N-dealkylation sites (tertiary alicyclic amines) is 1. The topological polar surface area (TPSA) is 115 Å². The van der Waals surface area contributed by atoms with Crippen LogP contribution in [-0.2, 0) is 6.54 Å². The Hall–Kier alpha value is -4.22. The SMILES string of the molecule is COc1ccc(C(=O)NC2CCCN(C(=O)Nc3cc4c(=O)n(CC5CC5)c(=O)n(C(C)C)c4cc3F)C2)c(F)c1. The van der Waals surface area contributed by atoms with Crippen molar-refractivity contribution < 1.29 is 23.1 Å². The Morgan fingerprint density at radius 1 is 1.07 bits per heavy atom. The van der Waals surface area contributed by atoms with Gasteiger partial charge in [-0.2, -0.15) is 0 Å². The van der Waals surface area contributed by atoms with Crippen molar-refractivity contribution >= 4 is 28.5 Å². The Balaban J connectivity index is 1.35. The number of piperidine rings is 1. The maximum absolute atomic E-state index is 15.2. The summed E-state index contributed by atoms with van der Waals surface area (Å²) in [7, 11) is 1.40. The Labute approximate surface area is 234 Å². The Morgan fingerprint density at radius 3 is 2.49 bits per heavy atom. The predicted octanol–water partition coefficient (Wildman–Crippen LogP) is 3.87. The predicted molar refractivity (Wildman–Crippen MR) is 150 cm³/mol. The van der Waals surface area contributed by atoms with Crippen LogP contribution in [0.25, 0.3) is 10.9 Å². The lowest BCUT2D eigenvalue weighted by Crippen LogP contribution is -2.50. The number of fused-ring (bicyclic) bond motifs is 1. The van der Waals surface area contributed by atoms with Gasteiger partial charge in [0.2, 0.25) is 0 Å². The van der Waals surface area contributed by atoms with Crippen LogP contribution in [0.15, 0.2) is 39.9 Å². The summed E-state index contributed by atoms with van der Waals surface area (Å²) in [6.07, 6.45) is 3.03. The molecule has 1 saturated heterocycles. The fraction of sp³-hybridized carbons (Fsp3) is 0.448. The lowest BCUT2D eigenvalue weighted by atomic mass is 10.1. The molecule has 3 amide bonds. The minimum atomic E-state index is -0.782.